The number of hydrogen-bond donors (Lipinski definition) is 1. The second kappa shape index (κ2) is 6.36. The monoisotopic (exact) mass is 305 g/mol. The highest BCUT2D eigenvalue weighted by molar-refractivity contribution is 7.15. The molecule has 0 bridgehead atoms. The van der Waals surface area contributed by atoms with Crippen molar-refractivity contribution in [2.24, 2.45) is 0 Å². The fourth-order valence-corrected chi connectivity index (χ4v) is 2.57. The summed E-state index contributed by atoms with van der Waals surface area (Å²) in [7, 11) is 3.39. The van der Waals surface area contributed by atoms with Crippen molar-refractivity contribution in [2.45, 2.75) is 6.54 Å². The molecule has 6 nitrogen and oxygen atoms in total. The smallest absolute Gasteiger partial charge is 0.324 e. The molecule has 1 aromatic carbocycles. The van der Waals surface area contributed by atoms with Gasteiger partial charge in [0.1, 0.15) is 0 Å². The molecule has 0 aliphatic heterocycles. The van der Waals surface area contributed by atoms with Crippen molar-refractivity contribution in [1.29, 1.82) is 0 Å². The quantitative estimate of drug-likeness (QED) is 0.680. The lowest BCUT2D eigenvalue weighted by atomic mass is 10.1. The maximum Gasteiger partial charge on any atom is 0.324 e. The van der Waals surface area contributed by atoms with Crippen LogP contribution in [0, 0.1) is 10.1 Å². The van der Waals surface area contributed by atoms with Gasteiger partial charge in [0, 0.05) is 37.3 Å². The number of carbonyl (C=O) groups is 1. The van der Waals surface area contributed by atoms with Crippen LogP contribution in [0.15, 0.2) is 36.4 Å². The van der Waals surface area contributed by atoms with Crippen molar-refractivity contribution in [1.82, 2.24) is 4.90 Å². The summed E-state index contributed by atoms with van der Waals surface area (Å²) in [6, 6.07) is 10.4. The van der Waals surface area contributed by atoms with Gasteiger partial charge in [-0.05, 0) is 18.2 Å². The topological polar surface area (TPSA) is 75.5 Å². The van der Waals surface area contributed by atoms with Gasteiger partial charge >= 0.3 is 5.00 Å². The van der Waals surface area contributed by atoms with E-state index in [1.165, 1.54) is 11.0 Å². The summed E-state index contributed by atoms with van der Waals surface area (Å²) in [5.41, 5.74) is 1.29. The first-order valence-corrected chi connectivity index (χ1v) is 7.08. The van der Waals surface area contributed by atoms with Crippen molar-refractivity contribution >= 4 is 27.9 Å². The average Bonchev–Trinajstić information content (AvgIpc) is 2.93. The molecular formula is C14H15N3O3S. The van der Waals surface area contributed by atoms with Gasteiger partial charge in [0.2, 0.25) is 0 Å². The number of nitrogens with zero attached hydrogens (tertiary/aromatic N) is 2. The Morgan fingerprint density at radius 1 is 1.29 bits per heavy atom. The fraction of sp³-hybridized carbons (Fsp3) is 0.214. The summed E-state index contributed by atoms with van der Waals surface area (Å²) in [5, 5.41) is 13.9. The normalized spacial score (nSPS) is 10.2. The molecule has 2 aromatic rings. The van der Waals surface area contributed by atoms with E-state index in [0.717, 1.165) is 16.2 Å². The van der Waals surface area contributed by atoms with E-state index in [1.807, 2.05) is 12.1 Å². The van der Waals surface area contributed by atoms with Gasteiger partial charge in [-0.25, -0.2) is 0 Å². The third-order valence-electron chi connectivity index (χ3n) is 2.84. The molecule has 0 spiro atoms. The van der Waals surface area contributed by atoms with Gasteiger partial charge in [-0.15, -0.1) is 0 Å². The summed E-state index contributed by atoms with van der Waals surface area (Å²) >= 11 is 1.12. The second-order valence-electron chi connectivity index (χ2n) is 4.60. The highest BCUT2D eigenvalue weighted by Crippen LogP contribution is 2.25. The number of anilines is 1. The van der Waals surface area contributed by atoms with Crippen LogP contribution in [0.25, 0.3) is 0 Å². The van der Waals surface area contributed by atoms with Gasteiger partial charge in [0.15, 0.2) is 0 Å². The highest BCUT2D eigenvalue weighted by atomic mass is 32.1. The lowest BCUT2D eigenvalue weighted by molar-refractivity contribution is -0.380. The second-order valence-corrected chi connectivity index (χ2v) is 5.74. The lowest BCUT2D eigenvalue weighted by Gasteiger charge is -2.14. The molecule has 0 saturated carbocycles. The zero-order valence-corrected chi connectivity index (χ0v) is 12.5. The molecule has 21 heavy (non-hydrogen) atoms. The summed E-state index contributed by atoms with van der Waals surface area (Å²) < 4.78 is 0. The predicted molar refractivity (Wildman–Crippen MR) is 82.8 cm³/mol. The maximum atomic E-state index is 12.1. The number of thiophene rings is 1. The molecule has 0 fully saturated rings. The molecule has 0 aliphatic rings. The molecule has 0 aliphatic carbocycles. The molecule has 0 radical (unpaired) electrons. The number of carbonyl (C=O) groups excluding carboxylic acids is 1. The number of nitro groups is 1. The van der Waals surface area contributed by atoms with E-state index in [4.69, 9.17) is 0 Å². The van der Waals surface area contributed by atoms with E-state index in [2.05, 4.69) is 5.32 Å². The highest BCUT2D eigenvalue weighted by Gasteiger charge is 2.13. The maximum absolute atomic E-state index is 12.1. The lowest BCUT2D eigenvalue weighted by Crippen LogP contribution is -2.22. The van der Waals surface area contributed by atoms with Gasteiger partial charge in [-0.3, -0.25) is 14.9 Å². The molecule has 1 aromatic heterocycles. The van der Waals surface area contributed by atoms with Gasteiger partial charge in [0.05, 0.1) is 10.5 Å². The van der Waals surface area contributed by atoms with Gasteiger partial charge in [-0.1, -0.05) is 23.5 Å². The molecule has 1 amide bonds. The van der Waals surface area contributed by atoms with Crippen molar-refractivity contribution in [3.8, 4) is 0 Å². The van der Waals surface area contributed by atoms with E-state index < -0.39 is 4.92 Å². The van der Waals surface area contributed by atoms with Crippen LogP contribution in [-0.2, 0) is 6.54 Å². The Bertz CT molecular complexity index is 667. The SMILES string of the molecule is CN(C)C(=O)c1ccccc1NCc1ccc([N+](=O)[O-])s1. The Morgan fingerprint density at radius 2 is 2.00 bits per heavy atom. The van der Waals surface area contributed by atoms with Crippen molar-refractivity contribution in [3.05, 3.63) is 57.0 Å². The van der Waals surface area contributed by atoms with Crippen LogP contribution in [0.2, 0.25) is 0 Å². The van der Waals surface area contributed by atoms with Crippen LogP contribution in [0.5, 0.6) is 0 Å². The fourth-order valence-electron chi connectivity index (χ4n) is 1.81. The van der Waals surface area contributed by atoms with Crippen LogP contribution in [0.4, 0.5) is 10.7 Å². The summed E-state index contributed by atoms with van der Waals surface area (Å²) in [5.74, 6) is -0.0877. The minimum absolute atomic E-state index is 0.0877. The zero-order valence-electron chi connectivity index (χ0n) is 11.7. The molecule has 110 valence electrons. The van der Waals surface area contributed by atoms with Crippen molar-refractivity contribution < 1.29 is 9.72 Å². The van der Waals surface area contributed by atoms with Crippen molar-refractivity contribution in [3.63, 3.8) is 0 Å². The number of rotatable bonds is 5. The third-order valence-corrected chi connectivity index (χ3v) is 3.88. The largest absolute Gasteiger partial charge is 0.379 e. The number of hydrogen-bond acceptors (Lipinski definition) is 5. The number of nitrogens with one attached hydrogen (secondary N) is 1. The van der Waals surface area contributed by atoms with E-state index in [1.54, 1.807) is 32.3 Å². The molecule has 0 atom stereocenters. The minimum Gasteiger partial charge on any atom is -0.379 e. The first-order valence-electron chi connectivity index (χ1n) is 6.26. The summed E-state index contributed by atoms with van der Waals surface area (Å²) in [6.45, 7) is 0.441. The first-order chi connectivity index (χ1) is 9.99. The Labute approximate surface area is 126 Å². The molecule has 7 heteroatoms. The Kier molecular flexibility index (Phi) is 4.54. The van der Waals surface area contributed by atoms with E-state index in [-0.39, 0.29) is 10.9 Å². The van der Waals surface area contributed by atoms with E-state index in [9.17, 15) is 14.9 Å². The average molecular weight is 305 g/mol. The molecule has 1 heterocycles. The van der Waals surface area contributed by atoms with Crippen LogP contribution in [0.3, 0.4) is 0 Å². The Hall–Kier alpha value is -2.41. The van der Waals surface area contributed by atoms with Crippen LogP contribution in [0.1, 0.15) is 15.2 Å². The molecular weight excluding hydrogens is 290 g/mol. The molecule has 1 N–H and O–H groups in total. The minimum atomic E-state index is -0.405. The predicted octanol–water partition coefficient (Wildman–Crippen LogP) is 2.97. The van der Waals surface area contributed by atoms with Crippen LogP contribution >= 0.6 is 11.3 Å². The number of amides is 1. The van der Waals surface area contributed by atoms with E-state index in [0.29, 0.717) is 17.8 Å². The first kappa shape index (κ1) is 15.0. The van der Waals surface area contributed by atoms with Crippen LogP contribution < -0.4 is 5.32 Å². The van der Waals surface area contributed by atoms with Crippen LogP contribution in [-0.4, -0.2) is 29.8 Å². The number of benzene rings is 1. The summed E-state index contributed by atoms with van der Waals surface area (Å²) in [6.07, 6.45) is 0. The van der Waals surface area contributed by atoms with Gasteiger partial charge < -0.3 is 10.2 Å². The third kappa shape index (κ3) is 3.57. The van der Waals surface area contributed by atoms with E-state index >= 15 is 0 Å². The molecule has 0 saturated heterocycles. The van der Waals surface area contributed by atoms with Crippen molar-refractivity contribution in [2.75, 3.05) is 19.4 Å². The molecule has 0 unspecified atom stereocenters. The molecule has 2 rings (SSSR count). The Balaban J connectivity index is 2.12. The van der Waals surface area contributed by atoms with Gasteiger partial charge in [-0.2, -0.15) is 0 Å². The standard InChI is InChI=1S/C14H15N3O3S/c1-16(2)14(18)11-5-3-4-6-12(11)15-9-10-7-8-13(21-10)17(19)20/h3-8,15H,9H2,1-2H3. The Morgan fingerprint density at radius 3 is 2.62 bits per heavy atom. The summed E-state index contributed by atoms with van der Waals surface area (Å²) in [4.78, 5) is 24.7. The van der Waals surface area contributed by atoms with Gasteiger partial charge in [0.25, 0.3) is 5.91 Å². The zero-order chi connectivity index (χ0) is 15.4. The number of para-hydroxylation sites is 1.